The first kappa shape index (κ1) is 20.7. The van der Waals surface area contributed by atoms with Crippen LogP contribution in [0.25, 0.3) is 0 Å². The third-order valence-electron chi connectivity index (χ3n) is 2.91. The molecule has 0 amide bonds. The van der Waals surface area contributed by atoms with Crippen molar-refractivity contribution >= 4 is 18.1 Å². The molecule has 26 heavy (non-hydrogen) atoms. The smallest absolute Gasteiger partial charge is 0.463 e. The van der Waals surface area contributed by atoms with Gasteiger partial charge >= 0.3 is 18.1 Å². The van der Waals surface area contributed by atoms with Gasteiger partial charge in [-0.2, -0.15) is 0 Å². The molecule has 1 aromatic rings. The molecule has 0 N–H and O–H groups in total. The largest absolute Gasteiger partial charge is 0.513 e. The van der Waals surface area contributed by atoms with Crippen LogP contribution in [0.1, 0.15) is 23.2 Å². The fourth-order valence-electron chi connectivity index (χ4n) is 1.60. The first-order valence-electron chi connectivity index (χ1n) is 7.73. The van der Waals surface area contributed by atoms with Crippen LogP contribution >= 0.6 is 0 Å². The van der Waals surface area contributed by atoms with Crippen LogP contribution in [0.15, 0.2) is 61.9 Å². The van der Waals surface area contributed by atoms with Gasteiger partial charge in [0.05, 0.1) is 18.8 Å². The summed E-state index contributed by atoms with van der Waals surface area (Å²) in [7, 11) is 0. The summed E-state index contributed by atoms with van der Waals surface area (Å²) in [5, 5.41) is 0. The average molecular weight is 360 g/mol. The van der Waals surface area contributed by atoms with Crippen molar-refractivity contribution in [2.75, 3.05) is 13.2 Å². The zero-order valence-electron chi connectivity index (χ0n) is 14.3. The minimum Gasteiger partial charge on any atom is -0.463 e. The van der Waals surface area contributed by atoms with Gasteiger partial charge in [-0.05, 0) is 43.2 Å². The van der Waals surface area contributed by atoms with Crippen LogP contribution in [0.4, 0.5) is 4.79 Å². The summed E-state index contributed by atoms with van der Waals surface area (Å²) in [6, 6.07) is 5.75. The van der Waals surface area contributed by atoms with Crippen molar-refractivity contribution in [2.24, 2.45) is 0 Å². The van der Waals surface area contributed by atoms with Gasteiger partial charge in [0.2, 0.25) is 0 Å². The quantitative estimate of drug-likeness (QED) is 0.120. The number of ether oxygens (including phenoxy) is 4. The highest BCUT2D eigenvalue weighted by atomic mass is 16.7. The van der Waals surface area contributed by atoms with Gasteiger partial charge in [-0.3, -0.25) is 0 Å². The van der Waals surface area contributed by atoms with Crippen LogP contribution in [-0.2, 0) is 19.0 Å². The summed E-state index contributed by atoms with van der Waals surface area (Å²) in [6.07, 6.45) is 2.57. The number of hydrogen-bond donors (Lipinski definition) is 0. The molecule has 0 atom stereocenters. The van der Waals surface area contributed by atoms with Crippen LogP contribution < -0.4 is 4.74 Å². The number of carbonyl (C=O) groups is 3. The maximum Gasteiger partial charge on any atom is 0.513 e. The standard InChI is InChI=1S/C19H20O7/c1-4-14(3)25-18(21)15-8-10-16(11-9-15)26-19(22)24-13-7-6-12-23-17(20)5-2/h4-5,8-11H,1-3,6-7,12-13H2. The number of benzene rings is 1. The van der Waals surface area contributed by atoms with Crippen molar-refractivity contribution in [2.45, 2.75) is 12.8 Å². The second-order valence-corrected chi connectivity index (χ2v) is 4.86. The lowest BCUT2D eigenvalue weighted by Crippen LogP contribution is -2.12. The molecular formula is C19H20O7. The van der Waals surface area contributed by atoms with Gasteiger partial charge in [-0.25, -0.2) is 14.4 Å². The van der Waals surface area contributed by atoms with E-state index >= 15 is 0 Å². The summed E-state index contributed by atoms with van der Waals surface area (Å²) in [4.78, 5) is 34.1. The van der Waals surface area contributed by atoms with Crippen molar-refractivity contribution in [1.29, 1.82) is 0 Å². The first-order valence-corrected chi connectivity index (χ1v) is 7.73. The van der Waals surface area contributed by atoms with E-state index < -0.39 is 18.1 Å². The molecule has 0 spiro atoms. The topological polar surface area (TPSA) is 88.1 Å². The fraction of sp³-hybridized carbons (Fsp3) is 0.211. The molecule has 0 aliphatic rings. The normalized spacial score (nSPS) is 9.54. The van der Waals surface area contributed by atoms with E-state index in [2.05, 4.69) is 19.7 Å². The van der Waals surface area contributed by atoms with Crippen molar-refractivity contribution in [1.82, 2.24) is 0 Å². The molecule has 7 heteroatoms. The molecule has 7 nitrogen and oxygen atoms in total. The van der Waals surface area contributed by atoms with Crippen LogP contribution in [0.5, 0.6) is 5.75 Å². The Hall–Kier alpha value is -3.35. The molecular weight excluding hydrogens is 340 g/mol. The van der Waals surface area contributed by atoms with Crippen LogP contribution in [0, 0.1) is 0 Å². The molecule has 0 aromatic heterocycles. The summed E-state index contributed by atoms with van der Waals surface area (Å²) in [5.41, 5.74) is 0.266. The van der Waals surface area contributed by atoms with Gasteiger partial charge in [0.15, 0.2) is 0 Å². The number of carbonyl (C=O) groups excluding carboxylic acids is 3. The lowest BCUT2D eigenvalue weighted by Gasteiger charge is -2.07. The van der Waals surface area contributed by atoms with Gasteiger partial charge < -0.3 is 18.9 Å². The number of unbranched alkanes of at least 4 members (excludes halogenated alkanes) is 1. The van der Waals surface area contributed by atoms with E-state index in [4.69, 9.17) is 18.9 Å². The van der Waals surface area contributed by atoms with Crippen LogP contribution in [-0.4, -0.2) is 31.3 Å². The average Bonchev–Trinajstić information content (AvgIpc) is 2.64. The molecule has 0 saturated heterocycles. The molecule has 1 aromatic carbocycles. The van der Waals surface area contributed by atoms with E-state index in [-0.39, 0.29) is 30.3 Å². The van der Waals surface area contributed by atoms with Crippen molar-refractivity contribution < 1.29 is 33.3 Å². The predicted molar refractivity (Wildman–Crippen MR) is 93.6 cm³/mol. The Bertz CT molecular complexity index is 674. The first-order chi connectivity index (χ1) is 12.5. The number of esters is 2. The molecule has 138 valence electrons. The molecule has 0 unspecified atom stereocenters. The monoisotopic (exact) mass is 360 g/mol. The predicted octanol–water partition coefficient (Wildman–Crippen LogP) is 3.57. The molecule has 0 aliphatic carbocycles. The van der Waals surface area contributed by atoms with E-state index in [1.54, 1.807) is 0 Å². The second-order valence-electron chi connectivity index (χ2n) is 4.86. The Labute approximate surface area is 151 Å². The third kappa shape index (κ3) is 7.96. The minimum absolute atomic E-state index is 0.124. The summed E-state index contributed by atoms with van der Waals surface area (Å²) < 4.78 is 19.5. The van der Waals surface area contributed by atoms with E-state index in [0.29, 0.717) is 12.8 Å². The Kier molecular flexibility index (Phi) is 8.95. The number of hydrogen-bond acceptors (Lipinski definition) is 7. The fourth-order valence-corrected chi connectivity index (χ4v) is 1.60. The molecule has 0 aliphatic heterocycles. The van der Waals surface area contributed by atoms with Gasteiger partial charge in [-0.1, -0.05) is 19.7 Å². The van der Waals surface area contributed by atoms with E-state index in [9.17, 15) is 14.4 Å². The molecule has 0 saturated carbocycles. The molecule has 1 rings (SSSR count). The highest BCUT2D eigenvalue weighted by molar-refractivity contribution is 5.90. The highest BCUT2D eigenvalue weighted by Gasteiger charge is 2.10. The molecule has 0 bridgehead atoms. The molecule has 0 radical (unpaired) electrons. The van der Waals surface area contributed by atoms with Gasteiger partial charge in [0.1, 0.15) is 11.5 Å². The Morgan fingerprint density at radius 2 is 1.54 bits per heavy atom. The van der Waals surface area contributed by atoms with E-state index in [1.165, 1.54) is 30.3 Å². The third-order valence-corrected chi connectivity index (χ3v) is 2.91. The second kappa shape index (κ2) is 11.2. The maximum absolute atomic E-state index is 11.7. The Morgan fingerprint density at radius 3 is 2.12 bits per heavy atom. The van der Waals surface area contributed by atoms with Crippen LogP contribution in [0.2, 0.25) is 0 Å². The van der Waals surface area contributed by atoms with E-state index in [0.717, 1.165) is 6.08 Å². The van der Waals surface area contributed by atoms with Gasteiger partial charge in [0.25, 0.3) is 0 Å². The van der Waals surface area contributed by atoms with Gasteiger partial charge in [0, 0.05) is 6.08 Å². The zero-order chi connectivity index (χ0) is 19.4. The van der Waals surface area contributed by atoms with Crippen molar-refractivity contribution in [3.05, 3.63) is 67.5 Å². The van der Waals surface area contributed by atoms with Crippen LogP contribution in [0.3, 0.4) is 0 Å². The van der Waals surface area contributed by atoms with Crippen molar-refractivity contribution in [3.8, 4) is 5.75 Å². The maximum atomic E-state index is 11.7. The lowest BCUT2D eigenvalue weighted by molar-refractivity contribution is -0.137. The SMILES string of the molecule is C=CC(=C)OC(=O)c1ccc(OC(=O)OCCCCOC(=O)C=C)cc1. The number of rotatable bonds is 10. The van der Waals surface area contributed by atoms with E-state index in [1.807, 2.05) is 0 Å². The molecule has 0 heterocycles. The molecule has 0 fully saturated rings. The summed E-state index contributed by atoms with van der Waals surface area (Å²) in [5.74, 6) is -0.736. The Balaban J connectivity index is 2.31. The zero-order valence-corrected chi connectivity index (χ0v) is 14.3. The minimum atomic E-state index is -0.872. The van der Waals surface area contributed by atoms with Gasteiger partial charge in [-0.15, -0.1) is 0 Å². The van der Waals surface area contributed by atoms with Crippen molar-refractivity contribution in [3.63, 3.8) is 0 Å². The lowest BCUT2D eigenvalue weighted by atomic mass is 10.2. The summed E-state index contributed by atoms with van der Waals surface area (Å²) in [6.45, 7) is 10.5. The highest BCUT2D eigenvalue weighted by Crippen LogP contribution is 2.14. The Morgan fingerprint density at radius 1 is 0.923 bits per heavy atom. The summed E-state index contributed by atoms with van der Waals surface area (Å²) >= 11 is 0. The number of allylic oxidation sites excluding steroid dienone is 1.